The van der Waals surface area contributed by atoms with E-state index in [1.807, 2.05) is 62.4 Å². The Morgan fingerprint density at radius 3 is 2.39 bits per heavy atom. The van der Waals surface area contributed by atoms with E-state index in [4.69, 9.17) is 0 Å². The Kier molecular flexibility index (Phi) is 5.65. The van der Waals surface area contributed by atoms with Gasteiger partial charge in [-0.2, -0.15) is 0 Å². The number of anilines is 1. The van der Waals surface area contributed by atoms with Crippen LogP contribution in [-0.4, -0.2) is 10.8 Å². The molecule has 0 bridgehead atoms. The fourth-order valence-corrected chi connectivity index (χ4v) is 2.87. The van der Waals surface area contributed by atoms with Gasteiger partial charge in [0.05, 0.1) is 4.92 Å². The molecule has 0 unspecified atom stereocenters. The van der Waals surface area contributed by atoms with E-state index >= 15 is 0 Å². The van der Waals surface area contributed by atoms with E-state index < -0.39 is 4.92 Å². The fourth-order valence-electron chi connectivity index (χ4n) is 2.87. The number of nitro benzene ring substituents is 1. The van der Waals surface area contributed by atoms with Crippen LogP contribution in [0.5, 0.6) is 0 Å². The summed E-state index contributed by atoms with van der Waals surface area (Å²) in [6, 6.07) is 21.2. The first-order valence-electron chi connectivity index (χ1n) is 8.85. The Morgan fingerprint density at radius 1 is 0.964 bits per heavy atom. The third-order valence-electron chi connectivity index (χ3n) is 4.57. The summed E-state index contributed by atoms with van der Waals surface area (Å²) in [5, 5.41) is 14.0. The molecule has 0 aromatic heterocycles. The summed E-state index contributed by atoms with van der Waals surface area (Å²) >= 11 is 0. The second kappa shape index (κ2) is 8.31. The second-order valence-corrected chi connectivity index (χ2v) is 6.48. The Labute approximate surface area is 163 Å². The number of amides is 1. The van der Waals surface area contributed by atoms with Crippen LogP contribution in [0, 0.1) is 24.0 Å². The molecule has 3 aromatic rings. The molecule has 0 aliphatic rings. The number of nitrogens with one attached hydrogen (secondary N) is 1. The van der Waals surface area contributed by atoms with Crippen molar-refractivity contribution >= 4 is 28.9 Å². The highest BCUT2D eigenvalue weighted by molar-refractivity contribution is 6.29. The number of hydrogen-bond acceptors (Lipinski definition) is 3. The van der Waals surface area contributed by atoms with Crippen molar-refractivity contribution in [2.75, 3.05) is 5.32 Å². The molecule has 5 heteroatoms. The van der Waals surface area contributed by atoms with Crippen LogP contribution >= 0.6 is 0 Å². The number of nitrogens with zero attached hydrogens (tertiary/aromatic N) is 1. The summed E-state index contributed by atoms with van der Waals surface area (Å²) in [5.41, 5.74) is 4.56. The monoisotopic (exact) mass is 372 g/mol. The van der Waals surface area contributed by atoms with Crippen molar-refractivity contribution in [1.82, 2.24) is 0 Å². The number of carbonyl (C=O) groups excluding carboxylic acids is 1. The minimum atomic E-state index is -0.449. The normalized spacial score (nSPS) is 11.1. The molecule has 5 nitrogen and oxygen atoms in total. The summed E-state index contributed by atoms with van der Waals surface area (Å²) in [5.74, 6) is -0.272. The Hall–Kier alpha value is -3.73. The Bertz CT molecular complexity index is 1060. The van der Waals surface area contributed by atoms with Crippen molar-refractivity contribution in [2.45, 2.75) is 13.8 Å². The van der Waals surface area contributed by atoms with Crippen LogP contribution in [0.2, 0.25) is 0 Å². The SMILES string of the molecule is Cc1cccc(NC(=O)C(=Cc2cccc([N+](=O)[O-])c2)c2ccccc2)c1C. The highest BCUT2D eigenvalue weighted by atomic mass is 16.6. The summed E-state index contributed by atoms with van der Waals surface area (Å²) in [6.45, 7) is 3.94. The van der Waals surface area contributed by atoms with Gasteiger partial charge in [-0.1, -0.05) is 54.6 Å². The van der Waals surface area contributed by atoms with E-state index in [0.29, 0.717) is 11.1 Å². The molecule has 140 valence electrons. The molecule has 0 spiro atoms. The Balaban J connectivity index is 2.02. The zero-order valence-electron chi connectivity index (χ0n) is 15.7. The number of rotatable bonds is 5. The van der Waals surface area contributed by atoms with Gasteiger partial charge in [-0.3, -0.25) is 14.9 Å². The topological polar surface area (TPSA) is 72.2 Å². The minimum absolute atomic E-state index is 0.0175. The first kappa shape index (κ1) is 19.0. The van der Waals surface area contributed by atoms with Crippen LogP contribution in [0.3, 0.4) is 0 Å². The van der Waals surface area contributed by atoms with E-state index in [1.54, 1.807) is 18.2 Å². The lowest BCUT2D eigenvalue weighted by Gasteiger charge is -2.13. The van der Waals surface area contributed by atoms with Crippen LogP contribution < -0.4 is 5.32 Å². The molecule has 0 saturated heterocycles. The lowest BCUT2D eigenvalue weighted by atomic mass is 10.0. The van der Waals surface area contributed by atoms with Gasteiger partial charge in [0.1, 0.15) is 0 Å². The third-order valence-corrected chi connectivity index (χ3v) is 4.57. The number of carbonyl (C=O) groups is 1. The molecule has 0 atom stereocenters. The summed E-state index contributed by atoms with van der Waals surface area (Å²) in [7, 11) is 0. The predicted octanol–water partition coefficient (Wildman–Crippen LogP) is 5.39. The van der Waals surface area contributed by atoms with Crippen LogP contribution in [0.1, 0.15) is 22.3 Å². The molecular formula is C23H20N2O3. The van der Waals surface area contributed by atoms with Gasteiger partial charge in [-0.25, -0.2) is 0 Å². The molecule has 0 heterocycles. The highest BCUT2D eigenvalue weighted by Crippen LogP contribution is 2.24. The first-order chi connectivity index (χ1) is 13.5. The maximum absolute atomic E-state index is 13.1. The molecule has 1 N–H and O–H groups in total. The van der Waals surface area contributed by atoms with Crippen molar-refractivity contribution in [3.05, 3.63) is 105 Å². The fraction of sp³-hybridized carbons (Fsp3) is 0.0870. The van der Waals surface area contributed by atoms with Gasteiger partial charge in [0, 0.05) is 23.4 Å². The zero-order valence-corrected chi connectivity index (χ0v) is 15.7. The highest BCUT2D eigenvalue weighted by Gasteiger charge is 2.15. The van der Waals surface area contributed by atoms with Crippen LogP contribution in [-0.2, 0) is 4.79 Å². The van der Waals surface area contributed by atoms with Crippen molar-refractivity contribution in [3.63, 3.8) is 0 Å². The standard InChI is InChI=1S/C23H20N2O3/c1-16-8-6-13-22(17(16)2)24-23(26)21(19-10-4-3-5-11-19)15-18-9-7-12-20(14-18)25(27)28/h3-15H,1-2H3,(H,24,26). The molecule has 0 aliphatic carbocycles. The molecule has 1 amide bonds. The molecule has 28 heavy (non-hydrogen) atoms. The molecule has 0 saturated carbocycles. The number of nitro groups is 1. The molecule has 0 aliphatic heterocycles. The van der Waals surface area contributed by atoms with E-state index in [1.165, 1.54) is 12.1 Å². The van der Waals surface area contributed by atoms with Crippen molar-refractivity contribution in [2.24, 2.45) is 0 Å². The van der Waals surface area contributed by atoms with Gasteiger partial charge in [0.2, 0.25) is 0 Å². The largest absolute Gasteiger partial charge is 0.322 e. The predicted molar refractivity (Wildman–Crippen MR) is 112 cm³/mol. The average Bonchev–Trinajstić information content (AvgIpc) is 2.70. The number of hydrogen-bond donors (Lipinski definition) is 1. The van der Waals surface area contributed by atoms with E-state index in [9.17, 15) is 14.9 Å². The van der Waals surface area contributed by atoms with E-state index in [2.05, 4.69) is 5.32 Å². The summed E-state index contributed by atoms with van der Waals surface area (Å²) in [4.78, 5) is 23.7. The minimum Gasteiger partial charge on any atom is -0.322 e. The quantitative estimate of drug-likeness (QED) is 0.282. The molecule has 0 radical (unpaired) electrons. The van der Waals surface area contributed by atoms with Gasteiger partial charge in [-0.15, -0.1) is 0 Å². The van der Waals surface area contributed by atoms with Crippen molar-refractivity contribution in [1.29, 1.82) is 0 Å². The molecule has 3 aromatic carbocycles. The van der Waals surface area contributed by atoms with Crippen molar-refractivity contribution in [3.8, 4) is 0 Å². The maximum Gasteiger partial charge on any atom is 0.270 e. The lowest BCUT2D eigenvalue weighted by molar-refractivity contribution is -0.384. The zero-order chi connectivity index (χ0) is 20.1. The Morgan fingerprint density at radius 2 is 1.68 bits per heavy atom. The first-order valence-corrected chi connectivity index (χ1v) is 8.85. The van der Waals surface area contributed by atoms with E-state index in [-0.39, 0.29) is 11.6 Å². The lowest BCUT2D eigenvalue weighted by Crippen LogP contribution is -2.14. The summed E-state index contributed by atoms with van der Waals surface area (Å²) < 4.78 is 0. The van der Waals surface area contributed by atoms with Gasteiger partial charge in [0.15, 0.2) is 0 Å². The van der Waals surface area contributed by atoms with E-state index in [0.717, 1.165) is 22.4 Å². The molecular weight excluding hydrogens is 352 g/mol. The van der Waals surface area contributed by atoms with Crippen LogP contribution in [0.15, 0.2) is 72.8 Å². The number of aryl methyl sites for hydroxylation is 1. The summed E-state index contributed by atoms with van der Waals surface area (Å²) in [6.07, 6.45) is 1.67. The second-order valence-electron chi connectivity index (χ2n) is 6.48. The average molecular weight is 372 g/mol. The van der Waals surface area contributed by atoms with Gasteiger partial charge in [0.25, 0.3) is 11.6 Å². The van der Waals surface area contributed by atoms with Gasteiger partial charge in [-0.05, 0) is 48.2 Å². The van der Waals surface area contributed by atoms with Crippen LogP contribution in [0.25, 0.3) is 11.6 Å². The third kappa shape index (κ3) is 4.32. The number of non-ortho nitro benzene ring substituents is 1. The van der Waals surface area contributed by atoms with Gasteiger partial charge >= 0.3 is 0 Å². The van der Waals surface area contributed by atoms with Gasteiger partial charge < -0.3 is 5.32 Å². The maximum atomic E-state index is 13.1. The van der Waals surface area contributed by atoms with Crippen molar-refractivity contribution < 1.29 is 9.72 Å². The molecule has 0 fully saturated rings. The number of benzene rings is 3. The molecule has 3 rings (SSSR count). The smallest absolute Gasteiger partial charge is 0.270 e. The van der Waals surface area contributed by atoms with Crippen LogP contribution in [0.4, 0.5) is 11.4 Å².